The van der Waals surface area contributed by atoms with Crippen molar-refractivity contribution in [1.29, 1.82) is 0 Å². The van der Waals surface area contributed by atoms with Crippen LogP contribution in [0.25, 0.3) is 0 Å². The number of amides is 1. The van der Waals surface area contributed by atoms with Crippen molar-refractivity contribution in [3.63, 3.8) is 0 Å². The SMILES string of the molecule is COC(=O)[C@H](CCCc1cc(F)c([B-](F)(F)F)c(F)c1)NC(=O)OC(C)(C)C.[K+]. The summed E-state index contributed by atoms with van der Waals surface area (Å²) in [6.45, 7) is -0.907. The molecule has 1 aromatic carbocycles. The van der Waals surface area contributed by atoms with E-state index in [1.54, 1.807) is 20.8 Å². The number of alkyl carbamates (subject to hydrolysis) is 1. The van der Waals surface area contributed by atoms with Gasteiger partial charge in [0.05, 0.1) is 18.7 Å². The third kappa shape index (κ3) is 9.77. The average molecular weight is 449 g/mol. The van der Waals surface area contributed by atoms with E-state index in [9.17, 15) is 31.3 Å². The molecule has 12 heteroatoms. The number of rotatable bonds is 7. The van der Waals surface area contributed by atoms with Crippen LogP contribution in [0, 0.1) is 11.6 Å². The maximum absolute atomic E-state index is 13.6. The Labute approximate surface area is 208 Å². The first kappa shape index (κ1) is 28.3. The number of aryl methyl sites for hydroxylation is 1. The van der Waals surface area contributed by atoms with Crippen LogP contribution in [0.1, 0.15) is 39.2 Å². The molecular weight excluding hydrogens is 427 g/mol. The van der Waals surface area contributed by atoms with Gasteiger partial charge in [0.25, 0.3) is 0 Å². The molecule has 158 valence electrons. The number of hydrogen-bond acceptors (Lipinski definition) is 4. The van der Waals surface area contributed by atoms with E-state index in [-0.39, 0.29) is 76.2 Å². The molecule has 0 heterocycles. The number of nitrogens with one attached hydrogen (secondary N) is 1. The Hall–Kier alpha value is -0.689. The van der Waals surface area contributed by atoms with E-state index >= 15 is 0 Å². The van der Waals surface area contributed by atoms with Gasteiger partial charge in [-0.3, -0.25) is 0 Å². The van der Waals surface area contributed by atoms with Crippen LogP contribution in [0.2, 0.25) is 0 Å². The minimum absolute atomic E-state index is 0. The minimum Gasteiger partial charge on any atom is -0.467 e. The number of halogens is 5. The fraction of sp³-hybridized carbons (Fsp3) is 0.529. The summed E-state index contributed by atoms with van der Waals surface area (Å²) < 4.78 is 74.8. The summed E-state index contributed by atoms with van der Waals surface area (Å²) >= 11 is 0. The van der Waals surface area contributed by atoms with Gasteiger partial charge in [-0.2, -0.15) is 0 Å². The molecule has 0 saturated carbocycles. The third-order valence-electron chi connectivity index (χ3n) is 3.60. The van der Waals surface area contributed by atoms with Gasteiger partial charge in [0, 0.05) is 0 Å². The molecule has 0 fully saturated rings. The maximum Gasteiger partial charge on any atom is 1.00 e. The van der Waals surface area contributed by atoms with Gasteiger partial charge in [-0.1, -0.05) is 0 Å². The van der Waals surface area contributed by atoms with Crippen molar-refractivity contribution >= 4 is 24.5 Å². The van der Waals surface area contributed by atoms with Crippen molar-refractivity contribution in [3.05, 3.63) is 29.3 Å². The van der Waals surface area contributed by atoms with Crippen molar-refractivity contribution in [3.8, 4) is 0 Å². The van der Waals surface area contributed by atoms with Gasteiger partial charge in [0.15, 0.2) is 0 Å². The molecular formula is C17H22BF5KNO4. The Morgan fingerprint density at radius 2 is 1.66 bits per heavy atom. The van der Waals surface area contributed by atoms with Crippen LogP contribution >= 0.6 is 0 Å². The van der Waals surface area contributed by atoms with E-state index in [0.29, 0.717) is 12.1 Å². The summed E-state index contributed by atoms with van der Waals surface area (Å²) in [6, 6.07) is 0.150. The first-order valence-corrected chi connectivity index (χ1v) is 8.49. The zero-order valence-electron chi connectivity index (χ0n) is 17.0. The van der Waals surface area contributed by atoms with Gasteiger partial charge >= 0.3 is 70.4 Å². The summed E-state index contributed by atoms with van der Waals surface area (Å²) in [7, 11) is 1.12. The van der Waals surface area contributed by atoms with E-state index in [4.69, 9.17) is 4.74 Å². The van der Waals surface area contributed by atoms with Crippen LogP contribution in [0.4, 0.5) is 26.5 Å². The standard InChI is InChI=1S/C17H22BF5NO4.K/c1-17(2,3)28-16(26)24-13(15(25)27-4)7-5-6-10-8-11(19)14(12(20)9-10)18(21,22)23;/h8-9,13H,5-7H2,1-4H3,(H,24,26);/q-1;+1/t13-;/m0./s1. The molecule has 29 heavy (non-hydrogen) atoms. The topological polar surface area (TPSA) is 64.6 Å². The molecule has 0 radical (unpaired) electrons. The fourth-order valence-electron chi connectivity index (χ4n) is 2.45. The van der Waals surface area contributed by atoms with Crippen molar-refractivity contribution in [1.82, 2.24) is 5.32 Å². The summed E-state index contributed by atoms with van der Waals surface area (Å²) in [5, 5.41) is 2.33. The molecule has 0 bridgehead atoms. The Bertz CT molecular complexity index is 702. The molecule has 1 atom stereocenters. The molecule has 0 unspecified atom stereocenters. The predicted molar refractivity (Wildman–Crippen MR) is 93.2 cm³/mol. The van der Waals surface area contributed by atoms with E-state index in [1.165, 1.54) is 0 Å². The van der Waals surface area contributed by atoms with Crippen LogP contribution < -0.4 is 62.2 Å². The summed E-state index contributed by atoms with van der Waals surface area (Å²) in [6.07, 6.45) is -0.690. The first-order valence-electron chi connectivity index (χ1n) is 8.49. The van der Waals surface area contributed by atoms with Gasteiger partial charge in [-0.05, 0) is 63.2 Å². The monoisotopic (exact) mass is 449 g/mol. The maximum atomic E-state index is 13.6. The molecule has 0 aromatic heterocycles. The van der Waals surface area contributed by atoms with Crippen LogP contribution in [0.15, 0.2) is 12.1 Å². The number of benzene rings is 1. The first-order chi connectivity index (χ1) is 12.7. The molecule has 0 aliphatic heterocycles. The van der Waals surface area contributed by atoms with Crippen LogP contribution in [0.3, 0.4) is 0 Å². The van der Waals surface area contributed by atoms with E-state index in [1.807, 2.05) is 0 Å². The predicted octanol–water partition coefficient (Wildman–Crippen LogP) is 0.412. The van der Waals surface area contributed by atoms with Gasteiger partial charge in [-0.25, -0.2) is 18.4 Å². The third-order valence-corrected chi connectivity index (χ3v) is 3.60. The summed E-state index contributed by atoms with van der Waals surface area (Å²) in [4.78, 5) is 23.6. The Kier molecular flexibility index (Phi) is 11.4. The Morgan fingerprint density at radius 3 is 2.07 bits per heavy atom. The van der Waals surface area contributed by atoms with Crippen LogP contribution in [-0.4, -0.2) is 37.8 Å². The van der Waals surface area contributed by atoms with Gasteiger partial charge in [0.2, 0.25) is 0 Å². The molecule has 1 aromatic rings. The summed E-state index contributed by atoms with van der Waals surface area (Å²) in [5.74, 6) is -4.11. The molecule has 0 aliphatic rings. The van der Waals surface area contributed by atoms with Gasteiger partial charge < -0.3 is 27.7 Å². The second kappa shape index (κ2) is 11.6. The second-order valence-corrected chi connectivity index (χ2v) is 7.16. The number of methoxy groups -OCH3 is 1. The number of hydrogen-bond donors (Lipinski definition) is 1. The number of esters is 1. The van der Waals surface area contributed by atoms with Crippen molar-refractivity contribution < 1.29 is 92.2 Å². The molecule has 0 spiro atoms. The molecule has 1 N–H and O–H groups in total. The van der Waals surface area contributed by atoms with Crippen molar-refractivity contribution in [2.24, 2.45) is 0 Å². The van der Waals surface area contributed by atoms with Gasteiger partial charge in [-0.15, -0.1) is 0 Å². The zero-order valence-corrected chi connectivity index (χ0v) is 20.1. The van der Waals surface area contributed by atoms with E-state index in [2.05, 4.69) is 10.1 Å². The molecule has 0 saturated heterocycles. The average Bonchev–Trinajstić information content (AvgIpc) is 2.49. The molecule has 0 aliphatic carbocycles. The zero-order chi connectivity index (χ0) is 21.7. The van der Waals surface area contributed by atoms with Crippen LogP contribution in [0.5, 0.6) is 0 Å². The Morgan fingerprint density at radius 1 is 1.14 bits per heavy atom. The van der Waals surface area contributed by atoms with E-state index in [0.717, 1.165) is 7.11 Å². The smallest absolute Gasteiger partial charge is 0.467 e. The second-order valence-electron chi connectivity index (χ2n) is 7.16. The van der Waals surface area contributed by atoms with Crippen molar-refractivity contribution in [2.45, 2.75) is 51.7 Å². The van der Waals surface area contributed by atoms with Crippen LogP contribution in [-0.2, 0) is 20.7 Å². The number of ether oxygens (including phenoxy) is 2. The van der Waals surface area contributed by atoms with E-state index < -0.39 is 47.8 Å². The molecule has 1 rings (SSSR count). The quantitative estimate of drug-likeness (QED) is 0.372. The fourth-order valence-corrected chi connectivity index (χ4v) is 2.45. The van der Waals surface area contributed by atoms with Gasteiger partial charge in [0.1, 0.15) is 11.6 Å². The Balaban J connectivity index is 0.00000784. The minimum atomic E-state index is -5.81. The largest absolute Gasteiger partial charge is 1.00 e. The number of carbonyl (C=O) groups is 2. The summed E-state index contributed by atoms with van der Waals surface area (Å²) in [5.41, 5.74) is -2.68. The molecule has 5 nitrogen and oxygen atoms in total. The number of carbonyl (C=O) groups excluding carboxylic acids is 2. The molecule has 1 amide bonds. The normalized spacial score (nSPS) is 12.6. The van der Waals surface area contributed by atoms with Crippen molar-refractivity contribution in [2.75, 3.05) is 7.11 Å².